The molecule has 1 N–H and O–H groups in total. The third-order valence-electron chi connectivity index (χ3n) is 2.60. The molecule has 0 bridgehead atoms. The monoisotopic (exact) mass is 211 g/mol. The Kier molecular flexibility index (Phi) is 5.26. The first-order valence-corrected chi connectivity index (χ1v) is 5.22. The third kappa shape index (κ3) is 5.35. The molecule has 0 atom stereocenters. The van der Waals surface area contributed by atoms with Crippen molar-refractivity contribution in [2.24, 2.45) is 5.41 Å². The highest BCUT2D eigenvalue weighted by atomic mass is 16.1. The van der Waals surface area contributed by atoms with Gasteiger partial charge in [-0.1, -0.05) is 20.4 Å². The van der Waals surface area contributed by atoms with Gasteiger partial charge in [-0.3, -0.25) is 9.59 Å². The van der Waals surface area contributed by atoms with Gasteiger partial charge in [0.1, 0.15) is 5.78 Å². The molecule has 0 aromatic carbocycles. The van der Waals surface area contributed by atoms with Crippen LogP contribution in [0.25, 0.3) is 0 Å². The number of nitrogens with one attached hydrogen (secondary N) is 1. The number of Topliss-reactive ketones (excluding diaryl/α,β-unsaturated/α-hetero) is 1. The first-order chi connectivity index (χ1) is 6.77. The van der Waals surface area contributed by atoms with Gasteiger partial charge in [0.2, 0.25) is 5.91 Å². The van der Waals surface area contributed by atoms with Crippen LogP contribution in [-0.2, 0) is 9.59 Å². The fourth-order valence-electron chi connectivity index (χ4n) is 1.06. The van der Waals surface area contributed by atoms with E-state index in [-0.39, 0.29) is 17.1 Å². The van der Waals surface area contributed by atoms with E-state index in [0.29, 0.717) is 12.1 Å². The van der Waals surface area contributed by atoms with Gasteiger partial charge in [0.25, 0.3) is 0 Å². The van der Waals surface area contributed by atoms with Crippen LogP contribution >= 0.6 is 0 Å². The molecule has 0 aliphatic carbocycles. The first-order valence-electron chi connectivity index (χ1n) is 5.22. The zero-order chi connectivity index (χ0) is 12.1. The molecule has 0 aromatic rings. The summed E-state index contributed by atoms with van der Waals surface area (Å²) < 4.78 is 0. The van der Waals surface area contributed by atoms with E-state index in [9.17, 15) is 9.59 Å². The zero-order valence-electron chi connectivity index (χ0n) is 10.1. The van der Waals surface area contributed by atoms with E-state index in [2.05, 4.69) is 11.9 Å². The van der Waals surface area contributed by atoms with Crippen LogP contribution in [0.3, 0.4) is 0 Å². The molecule has 86 valence electrons. The number of carbonyl (C=O) groups excluding carboxylic acids is 2. The molecule has 3 heteroatoms. The molecule has 0 saturated carbocycles. The SMILES string of the molecule is C=C(C)C(=O)NCCCC(C)(C)C(C)=O. The van der Waals surface area contributed by atoms with E-state index in [1.807, 2.05) is 13.8 Å². The number of hydrogen-bond donors (Lipinski definition) is 1. The number of amides is 1. The van der Waals surface area contributed by atoms with Crippen LogP contribution in [0.2, 0.25) is 0 Å². The molecule has 0 fully saturated rings. The second kappa shape index (κ2) is 5.69. The standard InChI is InChI=1S/C12H21NO2/c1-9(2)11(15)13-8-6-7-12(4,5)10(3)14/h1,6-8H2,2-5H3,(H,13,15). The topological polar surface area (TPSA) is 46.2 Å². The first kappa shape index (κ1) is 13.9. The molecule has 0 aliphatic rings. The van der Waals surface area contributed by atoms with Crippen LogP contribution in [0, 0.1) is 5.41 Å². The molecule has 0 aromatic heterocycles. The van der Waals surface area contributed by atoms with Gasteiger partial charge in [-0.05, 0) is 26.7 Å². The van der Waals surface area contributed by atoms with Crippen LogP contribution in [0.5, 0.6) is 0 Å². The summed E-state index contributed by atoms with van der Waals surface area (Å²) >= 11 is 0. The Morgan fingerprint density at radius 2 is 1.80 bits per heavy atom. The summed E-state index contributed by atoms with van der Waals surface area (Å²) in [5.74, 6) is 0.0735. The van der Waals surface area contributed by atoms with Crippen molar-refractivity contribution in [3.05, 3.63) is 12.2 Å². The summed E-state index contributed by atoms with van der Waals surface area (Å²) in [6.45, 7) is 11.3. The van der Waals surface area contributed by atoms with Crippen molar-refractivity contribution in [2.45, 2.75) is 40.5 Å². The lowest BCUT2D eigenvalue weighted by Gasteiger charge is -2.20. The van der Waals surface area contributed by atoms with Crippen molar-refractivity contribution in [1.82, 2.24) is 5.32 Å². The van der Waals surface area contributed by atoms with Gasteiger partial charge in [-0.15, -0.1) is 0 Å². The lowest BCUT2D eigenvalue weighted by Crippen LogP contribution is -2.27. The second-order valence-corrected chi connectivity index (χ2v) is 4.58. The number of rotatable bonds is 6. The average molecular weight is 211 g/mol. The molecule has 0 saturated heterocycles. The summed E-state index contributed by atoms with van der Waals surface area (Å²) in [7, 11) is 0. The van der Waals surface area contributed by atoms with Crippen molar-refractivity contribution in [1.29, 1.82) is 0 Å². The van der Waals surface area contributed by atoms with Crippen molar-refractivity contribution >= 4 is 11.7 Å². The maximum atomic E-state index is 11.2. The molecule has 15 heavy (non-hydrogen) atoms. The lowest BCUT2D eigenvalue weighted by atomic mass is 9.84. The summed E-state index contributed by atoms with van der Waals surface area (Å²) in [6, 6.07) is 0. The van der Waals surface area contributed by atoms with Gasteiger partial charge < -0.3 is 5.32 Å². The van der Waals surface area contributed by atoms with Crippen LogP contribution < -0.4 is 5.32 Å². The average Bonchev–Trinajstić information content (AvgIpc) is 2.11. The Morgan fingerprint density at radius 1 is 1.27 bits per heavy atom. The summed E-state index contributed by atoms with van der Waals surface area (Å²) in [6.07, 6.45) is 1.60. The number of carbonyl (C=O) groups is 2. The largest absolute Gasteiger partial charge is 0.352 e. The minimum Gasteiger partial charge on any atom is -0.352 e. The van der Waals surface area contributed by atoms with E-state index in [1.165, 1.54) is 0 Å². The molecule has 0 radical (unpaired) electrons. The fraction of sp³-hybridized carbons (Fsp3) is 0.667. The third-order valence-corrected chi connectivity index (χ3v) is 2.60. The lowest BCUT2D eigenvalue weighted by molar-refractivity contribution is -0.125. The normalized spacial score (nSPS) is 10.9. The molecular weight excluding hydrogens is 190 g/mol. The van der Waals surface area contributed by atoms with Crippen molar-refractivity contribution in [3.63, 3.8) is 0 Å². The predicted octanol–water partition coefficient (Wildman–Crippen LogP) is 2.07. The van der Waals surface area contributed by atoms with Gasteiger partial charge in [0.15, 0.2) is 0 Å². The Hall–Kier alpha value is -1.12. The quantitative estimate of drug-likeness (QED) is 0.540. The highest BCUT2D eigenvalue weighted by Gasteiger charge is 2.22. The fourth-order valence-corrected chi connectivity index (χ4v) is 1.06. The number of hydrogen-bond acceptors (Lipinski definition) is 2. The maximum Gasteiger partial charge on any atom is 0.246 e. The van der Waals surface area contributed by atoms with E-state index in [1.54, 1.807) is 13.8 Å². The predicted molar refractivity (Wildman–Crippen MR) is 61.5 cm³/mol. The van der Waals surface area contributed by atoms with Gasteiger partial charge in [0, 0.05) is 17.5 Å². The van der Waals surface area contributed by atoms with Crippen molar-refractivity contribution < 1.29 is 9.59 Å². The molecule has 1 amide bonds. The molecule has 0 rings (SSSR count). The van der Waals surface area contributed by atoms with E-state index >= 15 is 0 Å². The van der Waals surface area contributed by atoms with Crippen LogP contribution in [0.4, 0.5) is 0 Å². The highest BCUT2D eigenvalue weighted by molar-refractivity contribution is 5.92. The summed E-state index contributed by atoms with van der Waals surface area (Å²) in [5, 5.41) is 2.74. The zero-order valence-corrected chi connectivity index (χ0v) is 10.1. The molecular formula is C12H21NO2. The minimum absolute atomic E-state index is 0.115. The van der Waals surface area contributed by atoms with Crippen molar-refractivity contribution in [3.8, 4) is 0 Å². The Morgan fingerprint density at radius 3 is 2.20 bits per heavy atom. The van der Waals surface area contributed by atoms with Crippen LogP contribution in [0.15, 0.2) is 12.2 Å². The van der Waals surface area contributed by atoms with Crippen LogP contribution in [-0.4, -0.2) is 18.2 Å². The Balaban J connectivity index is 3.77. The molecule has 0 unspecified atom stereocenters. The summed E-state index contributed by atoms with van der Waals surface area (Å²) in [5.41, 5.74) is 0.231. The van der Waals surface area contributed by atoms with E-state index < -0.39 is 0 Å². The van der Waals surface area contributed by atoms with Crippen molar-refractivity contribution in [2.75, 3.05) is 6.54 Å². The summed E-state index contributed by atoms with van der Waals surface area (Å²) in [4.78, 5) is 22.3. The van der Waals surface area contributed by atoms with Gasteiger partial charge in [-0.25, -0.2) is 0 Å². The molecule has 0 aliphatic heterocycles. The van der Waals surface area contributed by atoms with Gasteiger partial charge in [0.05, 0.1) is 0 Å². The number of ketones is 1. The maximum absolute atomic E-state index is 11.2. The van der Waals surface area contributed by atoms with Gasteiger partial charge in [-0.2, -0.15) is 0 Å². The van der Waals surface area contributed by atoms with E-state index in [0.717, 1.165) is 12.8 Å². The minimum atomic E-state index is -0.284. The second-order valence-electron chi connectivity index (χ2n) is 4.58. The smallest absolute Gasteiger partial charge is 0.246 e. The molecule has 0 heterocycles. The molecule has 3 nitrogen and oxygen atoms in total. The highest BCUT2D eigenvalue weighted by Crippen LogP contribution is 2.22. The van der Waals surface area contributed by atoms with Crippen LogP contribution in [0.1, 0.15) is 40.5 Å². The van der Waals surface area contributed by atoms with Gasteiger partial charge >= 0.3 is 0 Å². The van der Waals surface area contributed by atoms with E-state index in [4.69, 9.17) is 0 Å². The Bertz CT molecular complexity index is 267. The molecule has 0 spiro atoms. The Labute approximate surface area is 91.9 Å².